The van der Waals surface area contributed by atoms with Gasteiger partial charge in [0.2, 0.25) is 0 Å². The maximum atomic E-state index is 13.4. The zero-order valence-corrected chi connectivity index (χ0v) is 11.5. The maximum Gasteiger partial charge on any atom is 0.325 e. The smallest absolute Gasteiger partial charge is 0.325 e. The Morgan fingerprint density at radius 1 is 1.19 bits per heavy atom. The van der Waals surface area contributed by atoms with Gasteiger partial charge >= 0.3 is 6.03 Å². The number of anilines is 1. The molecular weight excluding hydrogens is 271 g/mol. The van der Waals surface area contributed by atoms with E-state index in [0.29, 0.717) is 11.3 Å². The minimum absolute atomic E-state index is 0.131. The van der Waals surface area contributed by atoms with Gasteiger partial charge in [0.15, 0.2) is 0 Å². The number of carbonyl (C=O) groups excluding carboxylic acids is 1. The Labute approximate surface area is 122 Å². The number of halogens is 1. The van der Waals surface area contributed by atoms with Crippen LogP contribution in [0, 0.1) is 5.82 Å². The molecule has 2 aromatic carbocycles. The van der Waals surface area contributed by atoms with Gasteiger partial charge in [-0.15, -0.1) is 0 Å². The number of carbonyl (C=O) groups is 1. The number of benzene rings is 2. The average molecular weight is 286 g/mol. The Morgan fingerprint density at radius 3 is 2.52 bits per heavy atom. The molecule has 2 rings (SSSR count). The van der Waals surface area contributed by atoms with E-state index in [1.807, 2.05) is 0 Å². The van der Waals surface area contributed by atoms with Gasteiger partial charge in [0.25, 0.3) is 0 Å². The highest BCUT2D eigenvalue weighted by Gasteiger charge is 2.08. The molecule has 0 saturated heterocycles. The van der Waals surface area contributed by atoms with Crippen molar-refractivity contribution in [3.8, 4) is 5.75 Å². The molecule has 0 aliphatic carbocycles. The van der Waals surface area contributed by atoms with Crippen molar-refractivity contribution in [2.75, 3.05) is 11.9 Å². The highest BCUT2D eigenvalue weighted by atomic mass is 19.1. The first-order valence-corrected chi connectivity index (χ1v) is 6.32. The van der Waals surface area contributed by atoms with E-state index >= 15 is 0 Å². The Hall–Kier alpha value is -2.82. The lowest BCUT2D eigenvalue weighted by Gasteiger charge is -2.16. The fourth-order valence-electron chi connectivity index (χ4n) is 1.70. The third-order valence-corrected chi connectivity index (χ3v) is 2.92. The summed E-state index contributed by atoms with van der Waals surface area (Å²) in [7, 11) is 1.60. The molecule has 0 atom stereocenters. The van der Waals surface area contributed by atoms with Gasteiger partial charge in [-0.2, -0.15) is 0 Å². The minimum atomic E-state index is -0.367. The molecule has 0 aliphatic rings. The largest absolute Gasteiger partial charge is 0.508 e. The molecule has 0 saturated carbocycles. The zero-order valence-electron chi connectivity index (χ0n) is 11.5. The monoisotopic (exact) mass is 286 g/mol. The molecule has 108 valence electrons. The highest BCUT2D eigenvalue weighted by Crippen LogP contribution is 2.17. The van der Waals surface area contributed by atoms with E-state index < -0.39 is 0 Å². The van der Waals surface area contributed by atoms with Crippen LogP contribution in [0.5, 0.6) is 5.75 Å². The summed E-state index contributed by atoms with van der Waals surface area (Å²) in [4.78, 5) is 13.3. The molecule has 0 aliphatic heterocycles. The Kier molecular flexibility index (Phi) is 4.56. The third-order valence-electron chi connectivity index (χ3n) is 2.92. The standard InChI is InChI=1S/C16H15FN2O2/c1-19(13-6-8-14(20)9-7-13)16(21)18-11-10-12-4-2-3-5-15(12)17/h2-11,20H,1H3,(H,18,21)/b11-10+. The van der Waals surface area contributed by atoms with Crippen LogP contribution in [0.2, 0.25) is 0 Å². The predicted octanol–water partition coefficient (Wildman–Crippen LogP) is 3.35. The first kappa shape index (κ1) is 14.6. The number of aromatic hydroxyl groups is 1. The second-order valence-corrected chi connectivity index (χ2v) is 4.38. The second-order valence-electron chi connectivity index (χ2n) is 4.38. The summed E-state index contributed by atoms with van der Waals surface area (Å²) in [6.45, 7) is 0. The van der Waals surface area contributed by atoms with Crippen LogP contribution in [0.1, 0.15) is 5.56 Å². The van der Waals surface area contributed by atoms with Crippen molar-refractivity contribution in [3.05, 3.63) is 66.1 Å². The van der Waals surface area contributed by atoms with Crippen LogP contribution in [0.4, 0.5) is 14.9 Å². The van der Waals surface area contributed by atoms with Gasteiger partial charge < -0.3 is 10.4 Å². The second kappa shape index (κ2) is 6.56. The number of nitrogens with one attached hydrogen (secondary N) is 1. The minimum Gasteiger partial charge on any atom is -0.508 e. The van der Waals surface area contributed by atoms with E-state index in [0.717, 1.165) is 0 Å². The summed E-state index contributed by atoms with van der Waals surface area (Å²) < 4.78 is 13.4. The molecule has 21 heavy (non-hydrogen) atoms. The topological polar surface area (TPSA) is 52.6 Å². The van der Waals surface area contributed by atoms with E-state index in [9.17, 15) is 14.3 Å². The number of amides is 2. The number of phenolic OH excluding ortho intramolecular Hbond substituents is 1. The average Bonchev–Trinajstić information content (AvgIpc) is 2.49. The van der Waals surface area contributed by atoms with Crippen LogP contribution in [-0.4, -0.2) is 18.2 Å². The highest BCUT2D eigenvalue weighted by molar-refractivity contribution is 5.92. The van der Waals surface area contributed by atoms with Gasteiger partial charge in [-0.05, 0) is 36.4 Å². The van der Waals surface area contributed by atoms with Crippen molar-refractivity contribution in [2.45, 2.75) is 0 Å². The summed E-state index contributed by atoms with van der Waals surface area (Å²) in [6.07, 6.45) is 2.87. The number of hydrogen-bond donors (Lipinski definition) is 2. The number of nitrogens with zero attached hydrogens (tertiary/aromatic N) is 1. The molecule has 4 nitrogen and oxygen atoms in total. The fraction of sp³-hybridized carbons (Fsp3) is 0.0625. The predicted molar refractivity (Wildman–Crippen MR) is 80.5 cm³/mol. The molecule has 0 radical (unpaired) electrons. The zero-order chi connectivity index (χ0) is 15.2. The maximum absolute atomic E-state index is 13.4. The molecule has 0 spiro atoms. The van der Waals surface area contributed by atoms with Crippen LogP contribution in [0.15, 0.2) is 54.7 Å². The van der Waals surface area contributed by atoms with Crippen LogP contribution in [0.3, 0.4) is 0 Å². The molecule has 0 heterocycles. The van der Waals surface area contributed by atoms with E-state index in [1.54, 1.807) is 37.4 Å². The van der Waals surface area contributed by atoms with E-state index in [-0.39, 0.29) is 17.6 Å². The molecule has 0 aromatic heterocycles. The normalized spacial score (nSPS) is 10.6. The van der Waals surface area contributed by atoms with E-state index in [2.05, 4.69) is 5.32 Å². The van der Waals surface area contributed by atoms with Gasteiger partial charge in [0.05, 0.1) is 0 Å². The van der Waals surface area contributed by atoms with Crippen molar-refractivity contribution in [2.24, 2.45) is 0 Å². The van der Waals surface area contributed by atoms with Crippen molar-refractivity contribution in [3.63, 3.8) is 0 Å². The van der Waals surface area contributed by atoms with Crippen molar-refractivity contribution >= 4 is 17.8 Å². The van der Waals surface area contributed by atoms with Crippen LogP contribution < -0.4 is 10.2 Å². The Bertz CT molecular complexity index is 654. The summed E-state index contributed by atoms with van der Waals surface area (Å²) in [6, 6.07) is 12.1. The number of urea groups is 1. The van der Waals surface area contributed by atoms with Crippen LogP contribution >= 0.6 is 0 Å². The van der Waals surface area contributed by atoms with Gasteiger partial charge in [0.1, 0.15) is 11.6 Å². The van der Waals surface area contributed by atoms with Crippen LogP contribution in [0.25, 0.3) is 6.08 Å². The lowest BCUT2D eigenvalue weighted by atomic mass is 10.2. The van der Waals surface area contributed by atoms with Crippen LogP contribution in [-0.2, 0) is 0 Å². The summed E-state index contributed by atoms with van der Waals surface area (Å²) in [5.41, 5.74) is 1.02. The Balaban J connectivity index is 1.98. The SMILES string of the molecule is CN(C(=O)N/C=C/c1ccccc1F)c1ccc(O)cc1. The van der Waals surface area contributed by atoms with Gasteiger partial charge in [-0.1, -0.05) is 18.2 Å². The molecular formula is C16H15FN2O2. The van der Waals surface area contributed by atoms with Crippen molar-refractivity contribution in [1.82, 2.24) is 5.32 Å². The molecule has 0 bridgehead atoms. The molecule has 2 aromatic rings. The summed E-state index contributed by atoms with van der Waals surface area (Å²) in [5.74, 6) is -0.220. The number of rotatable bonds is 3. The fourth-order valence-corrected chi connectivity index (χ4v) is 1.70. The Morgan fingerprint density at radius 2 is 1.86 bits per heavy atom. The quantitative estimate of drug-likeness (QED) is 0.909. The summed E-state index contributed by atoms with van der Waals surface area (Å²) in [5, 5.41) is 11.8. The molecule has 2 amide bonds. The number of phenols is 1. The van der Waals surface area contributed by atoms with Crippen molar-refractivity contribution < 1.29 is 14.3 Å². The molecule has 0 fully saturated rings. The van der Waals surface area contributed by atoms with Gasteiger partial charge in [-0.3, -0.25) is 4.90 Å². The van der Waals surface area contributed by atoms with E-state index in [1.165, 1.54) is 35.4 Å². The lowest BCUT2D eigenvalue weighted by molar-refractivity contribution is 0.250. The first-order valence-electron chi connectivity index (χ1n) is 6.32. The lowest BCUT2D eigenvalue weighted by Crippen LogP contribution is -2.34. The molecule has 0 unspecified atom stereocenters. The third kappa shape index (κ3) is 3.82. The number of hydrogen-bond acceptors (Lipinski definition) is 2. The van der Waals surface area contributed by atoms with Gasteiger partial charge in [-0.25, -0.2) is 9.18 Å². The van der Waals surface area contributed by atoms with E-state index in [4.69, 9.17) is 0 Å². The molecule has 2 N–H and O–H groups in total. The van der Waals surface area contributed by atoms with Gasteiger partial charge in [0, 0.05) is 24.5 Å². The summed E-state index contributed by atoms with van der Waals surface area (Å²) >= 11 is 0. The first-order chi connectivity index (χ1) is 10.1. The molecule has 5 heteroatoms. The van der Waals surface area contributed by atoms with Crippen molar-refractivity contribution in [1.29, 1.82) is 0 Å².